The third-order valence-corrected chi connectivity index (χ3v) is 4.26. The molecule has 0 aliphatic heterocycles. The molecule has 0 bridgehead atoms. The Morgan fingerprint density at radius 1 is 1.11 bits per heavy atom. The van der Waals surface area contributed by atoms with E-state index in [1.807, 2.05) is 27.1 Å². The molecule has 0 unspecified atom stereocenters. The summed E-state index contributed by atoms with van der Waals surface area (Å²) < 4.78 is 1.69. The third-order valence-electron chi connectivity index (χ3n) is 4.26. The SMILES string of the molecule is CCc1nc2c(N)ncc(-c3cnn(-c4ccnc(C)n4)c3)c2nc1NC. The van der Waals surface area contributed by atoms with E-state index in [-0.39, 0.29) is 0 Å². The summed E-state index contributed by atoms with van der Waals surface area (Å²) in [6, 6.07) is 1.80. The summed E-state index contributed by atoms with van der Waals surface area (Å²) in [5.74, 6) is 2.46. The van der Waals surface area contributed by atoms with E-state index in [0.29, 0.717) is 28.5 Å². The van der Waals surface area contributed by atoms with Gasteiger partial charge in [-0.3, -0.25) is 0 Å². The van der Waals surface area contributed by atoms with Gasteiger partial charge >= 0.3 is 0 Å². The average molecular weight is 361 g/mol. The molecule has 0 fully saturated rings. The first kappa shape index (κ1) is 16.8. The number of anilines is 2. The second-order valence-electron chi connectivity index (χ2n) is 6.01. The standard InChI is InChI=1S/C18H19N9/c1-4-13-18(20-3)26-15-12(8-22-17(19)16(15)25-13)11-7-23-27(9-11)14-5-6-21-10(2)24-14/h5-9H,4H2,1-3H3,(H2,19,22)(H,20,26). The molecule has 0 saturated carbocycles. The largest absolute Gasteiger partial charge is 0.382 e. The molecular formula is C18H19N9. The van der Waals surface area contributed by atoms with Gasteiger partial charge in [-0.1, -0.05) is 6.92 Å². The fourth-order valence-electron chi connectivity index (χ4n) is 2.91. The first-order valence-electron chi connectivity index (χ1n) is 8.58. The molecule has 0 atom stereocenters. The predicted molar refractivity (Wildman–Crippen MR) is 104 cm³/mol. The van der Waals surface area contributed by atoms with Crippen LogP contribution in [0, 0.1) is 6.92 Å². The van der Waals surface area contributed by atoms with Crippen LogP contribution in [0.1, 0.15) is 18.4 Å². The van der Waals surface area contributed by atoms with Crippen LogP contribution < -0.4 is 11.1 Å². The highest BCUT2D eigenvalue weighted by molar-refractivity contribution is 5.96. The Kier molecular flexibility index (Phi) is 4.11. The molecule has 0 radical (unpaired) electrons. The molecule has 9 heteroatoms. The first-order chi connectivity index (χ1) is 13.1. The van der Waals surface area contributed by atoms with Crippen molar-refractivity contribution in [2.45, 2.75) is 20.3 Å². The summed E-state index contributed by atoms with van der Waals surface area (Å²) in [5, 5.41) is 7.51. The molecule has 3 N–H and O–H groups in total. The fourth-order valence-corrected chi connectivity index (χ4v) is 2.91. The zero-order chi connectivity index (χ0) is 19.0. The molecule has 4 rings (SSSR count). The summed E-state index contributed by atoms with van der Waals surface area (Å²) in [6.07, 6.45) is 7.77. The van der Waals surface area contributed by atoms with Crippen molar-refractivity contribution in [3.63, 3.8) is 0 Å². The topological polar surface area (TPSA) is 120 Å². The molecule has 0 aliphatic rings. The van der Waals surface area contributed by atoms with E-state index in [1.165, 1.54) is 0 Å². The second-order valence-corrected chi connectivity index (χ2v) is 6.01. The van der Waals surface area contributed by atoms with Gasteiger partial charge in [0.1, 0.15) is 22.7 Å². The Bertz CT molecular complexity index is 1130. The number of fused-ring (bicyclic) bond motifs is 1. The first-order valence-corrected chi connectivity index (χ1v) is 8.58. The molecule has 4 aromatic heterocycles. The molecule has 4 aromatic rings. The van der Waals surface area contributed by atoms with Crippen molar-refractivity contribution in [3.05, 3.63) is 42.4 Å². The number of pyridine rings is 1. The van der Waals surface area contributed by atoms with Crippen LogP contribution in [0.5, 0.6) is 0 Å². The molecule has 0 spiro atoms. The van der Waals surface area contributed by atoms with Crippen LogP contribution in [-0.4, -0.2) is 41.7 Å². The van der Waals surface area contributed by atoms with Gasteiger partial charge in [0.25, 0.3) is 0 Å². The lowest BCUT2D eigenvalue weighted by molar-refractivity contribution is 0.828. The zero-order valence-corrected chi connectivity index (χ0v) is 15.3. The van der Waals surface area contributed by atoms with Gasteiger partial charge in [-0.25, -0.2) is 29.6 Å². The van der Waals surface area contributed by atoms with Crippen LogP contribution in [-0.2, 0) is 6.42 Å². The van der Waals surface area contributed by atoms with Crippen molar-refractivity contribution < 1.29 is 0 Å². The number of rotatable bonds is 4. The highest BCUT2D eigenvalue weighted by atomic mass is 15.3. The van der Waals surface area contributed by atoms with E-state index in [2.05, 4.69) is 30.4 Å². The summed E-state index contributed by atoms with van der Waals surface area (Å²) >= 11 is 0. The van der Waals surface area contributed by atoms with Gasteiger partial charge in [-0.05, 0) is 13.3 Å². The average Bonchev–Trinajstić information content (AvgIpc) is 3.17. The van der Waals surface area contributed by atoms with Crippen LogP contribution in [0.15, 0.2) is 30.9 Å². The lowest BCUT2D eigenvalue weighted by Crippen LogP contribution is -2.05. The Labute approximate surface area is 155 Å². The van der Waals surface area contributed by atoms with Crippen molar-refractivity contribution >= 4 is 22.7 Å². The van der Waals surface area contributed by atoms with Crippen LogP contribution in [0.4, 0.5) is 11.6 Å². The normalized spacial score (nSPS) is 11.1. The molecule has 0 aromatic carbocycles. The number of hydrogen-bond acceptors (Lipinski definition) is 8. The van der Waals surface area contributed by atoms with Crippen molar-refractivity contribution in [2.75, 3.05) is 18.1 Å². The van der Waals surface area contributed by atoms with Crippen LogP contribution in [0.25, 0.3) is 28.0 Å². The highest BCUT2D eigenvalue weighted by Crippen LogP contribution is 2.30. The van der Waals surface area contributed by atoms with Crippen molar-refractivity contribution in [1.29, 1.82) is 0 Å². The quantitative estimate of drug-likeness (QED) is 0.567. The molecule has 0 aliphatic carbocycles. The van der Waals surface area contributed by atoms with Crippen molar-refractivity contribution in [1.82, 2.24) is 34.7 Å². The smallest absolute Gasteiger partial charge is 0.156 e. The van der Waals surface area contributed by atoms with Gasteiger partial charge in [-0.2, -0.15) is 5.10 Å². The maximum atomic E-state index is 6.06. The summed E-state index contributed by atoms with van der Waals surface area (Å²) in [7, 11) is 1.83. The van der Waals surface area contributed by atoms with E-state index in [0.717, 1.165) is 29.1 Å². The highest BCUT2D eigenvalue weighted by Gasteiger charge is 2.16. The van der Waals surface area contributed by atoms with Crippen molar-refractivity contribution in [2.24, 2.45) is 0 Å². The van der Waals surface area contributed by atoms with Gasteiger partial charge < -0.3 is 11.1 Å². The monoisotopic (exact) mass is 361 g/mol. The molecular weight excluding hydrogens is 342 g/mol. The Balaban J connectivity index is 1.88. The van der Waals surface area contributed by atoms with Gasteiger partial charge in [-0.15, -0.1) is 0 Å². The lowest BCUT2D eigenvalue weighted by atomic mass is 10.1. The minimum absolute atomic E-state index is 0.359. The van der Waals surface area contributed by atoms with E-state index < -0.39 is 0 Å². The molecule has 0 saturated heterocycles. The van der Waals surface area contributed by atoms with E-state index in [4.69, 9.17) is 10.7 Å². The Hall–Kier alpha value is -3.62. The van der Waals surface area contributed by atoms with Gasteiger partial charge in [0.05, 0.1) is 11.9 Å². The predicted octanol–water partition coefficient (Wildman–Crippen LogP) is 2.16. The van der Waals surface area contributed by atoms with Gasteiger partial charge in [0, 0.05) is 42.8 Å². The number of nitrogens with zero attached hydrogens (tertiary/aromatic N) is 7. The number of nitrogens with one attached hydrogen (secondary N) is 1. The molecule has 9 nitrogen and oxygen atoms in total. The maximum absolute atomic E-state index is 6.06. The number of aryl methyl sites for hydroxylation is 2. The summed E-state index contributed by atoms with van der Waals surface area (Å²) in [6.45, 7) is 3.86. The van der Waals surface area contributed by atoms with Gasteiger partial charge in [0.15, 0.2) is 11.6 Å². The molecule has 4 heterocycles. The maximum Gasteiger partial charge on any atom is 0.156 e. The molecule has 136 valence electrons. The fraction of sp³-hybridized carbons (Fsp3) is 0.222. The van der Waals surface area contributed by atoms with E-state index >= 15 is 0 Å². The molecule has 0 amide bonds. The summed E-state index contributed by atoms with van der Waals surface area (Å²) in [5.41, 5.74) is 9.84. The minimum atomic E-state index is 0.359. The van der Waals surface area contributed by atoms with Crippen LogP contribution in [0.2, 0.25) is 0 Å². The molecule has 27 heavy (non-hydrogen) atoms. The van der Waals surface area contributed by atoms with Crippen molar-refractivity contribution in [3.8, 4) is 16.9 Å². The second kappa shape index (κ2) is 6.60. The van der Waals surface area contributed by atoms with Crippen LogP contribution >= 0.6 is 0 Å². The van der Waals surface area contributed by atoms with Crippen LogP contribution in [0.3, 0.4) is 0 Å². The number of nitrogen functional groups attached to an aromatic ring is 1. The number of nitrogens with two attached hydrogens (primary N) is 1. The Morgan fingerprint density at radius 2 is 1.96 bits per heavy atom. The summed E-state index contributed by atoms with van der Waals surface area (Å²) in [4.78, 5) is 22.2. The third kappa shape index (κ3) is 2.92. The Morgan fingerprint density at radius 3 is 2.70 bits per heavy atom. The number of aromatic nitrogens is 7. The minimum Gasteiger partial charge on any atom is -0.382 e. The van der Waals surface area contributed by atoms with E-state index in [9.17, 15) is 0 Å². The van der Waals surface area contributed by atoms with E-state index in [1.54, 1.807) is 29.3 Å². The zero-order valence-electron chi connectivity index (χ0n) is 15.3. The van der Waals surface area contributed by atoms with Gasteiger partial charge in [0.2, 0.25) is 0 Å². The lowest BCUT2D eigenvalue weighted by Gasteiger charge is -2.11. The number of hydrogen-bond donors (Lipinski definition) is 2.